The summed E-state index contributed by atoms with van der Waals surface area (Å²) in [5.74, 6) is 0. The van der Waals surface area contributed by atoms with Gasteiger partial charge in [0.25, 0.3) is 0 Å². The summed E-state index contributed by atoms with van der Waals surface area (Å²) in [6.07, 6.45) is 0. The van der Waals surface area contributed by atoms with Gasteiger partial charge in [-0.25, -0.2) is 0 Å². The maximum atomic E-state index is 4.76. The molecule has 0 aromatic rings. The molecule has 0 aromatic heterocycles. The molecule has 8 heavy (non-hydrogen) atoms. The zero-order valence-corrected chi connectivity index (χ0v) is 10.7. The third-order valence-corrected chi connectivity index (χ3v) is 2.87. The molecule has 0 rings (SSSR count). The van der Waals surface area contributed by atoms with Gasteiger partial charge in [-0.1, -0.05) is 26.1 Å². The van der Waals surface area contributed by atoms with Crippen molar-refractivity contribution < 1.29 is 17.3 Å². The number of rotatable bonds is 1. The Bertz CT molecular complexity index is 42.2. The Morgan fingerprint density at radius 1 is 1.50 bits per heavy atom. The fraction of sp³-hybridized carbons (Fsp3) is 0.800. The van der Waals surface area contributed by atoms with Gasteiger partial charge in [-0.05, 0) is 0 Å². The van der Waals surface area contributed by atoms with Crippen LogP contribution in [-0.4, -0.2) is 8.07 Å². The van der Waals surface area contributed by atoms with E-state index in [9.17, 15) is 0 Å². The first-order chi connectivity index (χ1) is 3.56. The van der Waals surface area contributed by atoms with Crippen LogP contribution < -0.4 is 0 Å². The number of halogens is 1. The Morgan fingerprint density at radius 3 is 1.62 bits per heavy atom. The fourth-order valence-corrected chi connectivity index (χ4v) is 0. The van der Waals surface area contributed by atoms with Crippen molar-refractivity contribution in [1.29, 1.82) is 0 Å². The van der Waals surface area contributed by atoms with Crippen LogP contribution in [0.2, 0.25) is 19.1 Å². The predicted octanol–water partition coefficient (Wildman–Crippen LogP) is 2.77. The van der Waals surface area contributed by atoms with Crippen molar-refractivity contribution in [2.75, 3.05) is 0 Å². The summed E-state index contributed by atoms with van der Waals surface area (Å²) >= 11 is 0.847. The van der Waals surface area contributed by atoms with Crippen molar-refractivity contribution in [2.45, 2.75) is 26.1 Å². The summed E-state index contributed by atoms with van der Waals surface area (Å²) in [4.78, 5) is 0. The Hall–Kier alpha value is 1.13. The predicted molar refractivity (Wildman–Crippen MR) is 39.2 cm³/mol. The molecule has 0 aliphatic rings. The van der Waals surface area contributed by atoms with Crippen molar-refractivity contribution in [1.82, 2.24) is 0 Å². The van der Waals surface area contributed by atoms with E-state index in [-0.39, 0.29) is 0 Å². The first-order valence-corrected chi connectivity index (χ1v) is 9.99. The van der Waals surface area contributed by atoms with Gasteiger partial charge in [-0.2, -0.15) is 0 Å². The second-order valence-electron chi connectivity index (χ2n) is 2.52. The van der Waals surface area contributed by atoms with Crippen LogP contribution in [0.25, 0.3) is 0 Å². The minimum absolute atomic E-state index is 0.847. The topological polar surface area (TPSA) is 0 Å². The van der Waals surface area contributed by atoms with Crippen LogP contribution in [0, 0.1) is 6.55 Å². The normalized spacial score (nSPS) is 9.88. The molecule has 0 atom stereocenters. The zero-order valence-electron chi connectivity index (χ0n) is 6.00. The van der Waals surface area contributed by atoms with Gasteiger partial charge in [0.2, 0.25) is 0 Å². The molecule has 0 aliphatic heterocycles. The molecule has 0 fully saturated rings. The van der Waals surface area contributed by atoms with Gasteiger partial charge in [-0.15, -0.1) is 8.07 Å². The molecule has 0 aliphatic carbocycles. The van der Waals surface area contributed by atoms with Crippen molar-refractivity contribution >= 4 is 17.8 Å². The molecule has 0 N–H and O–H groups in total. The SMILES string of the molecule is [CH2-][Si](C)(C)CC.[Cl][Zn+]. The van der Waals surface area contributed by atoms with Crippen molar-refractivity contribution in [3.63, 3.8) is 0 Å². The van der Waals surface area contributed by atoms with Gasteiger partial charge in [0, 0.05) is 0 Å². The van der Waals surface area contributed by atoms with Gasteiger partial charge in [0.1, 0.15) is 0 Å². The molecule has 0 amide bonds. The van der Waals surface area contributed by atoms with Gasteiger partial charge < -0.3 is 6.55 Å². The van der Waals surface area contributed by atoms with E-state index in [1.165, 1.54) is 6.04 Å². The average Bonchev–Trinajstić information content (AvgIpc) is 1.71. The molecule has 3 heteroatoms. The molecule has 0 saturated carbocycles. The molecule has 0 unspecified atom stereocenters. The Balaban J connectivity index is 0. The van der Waals surface area contributed by atoms with E-state index in [0.29, 0.717) is 0 Å². The van der Waals surface area contributed by atoms with Gasteiger partial charge in [-0.3, -0.25) is 0 Å². The van der Waals surface area contributed by atoms with Gasteiger partial charge >= 0.3 is 27.0 Å². The van der Waals surface area contributed by atoms with Crippen LogP contribution in [0.3, 0.4) is 0 Å². The second-order valence-corrected chi connectivity index (χ2v) is 7.55. The van der Waals surface area contributed by atoms with Crippen LogP contribution in [0.1, 0.15) is 6.92 Å². The van der Waals surface area contributed by atoms with E-state index in [1.807, 2.05) is 0 Å². The van der Waals surface area contributed by atoms with E-state index in [2.05, 4.69) is 26.6 Å². The zero-order chi connectivity index (χ0) is 7.21. The van der Waals surface area contributed by atoms with Crippen molar-refractivity contribution in [2.24, 2.45) is 0 Å². The number of hydrogen-bond donors (Lipinski definition) is 0. The van der Waals surface area contributed by atoms with Crippen LogP contribution in [0.4, 0.5) is 0 Å². The van der Waals surface area contributed by atoms with E-state index in [4.69, 9.17) is 9.69 Å². The minimum atomic E-state index is -0.881. The van der Waals surface area contributed by atoms with Gasteiger partial charge in [0.05, 0.1) is 0 Å². The summed E-state index contributed by atoms with van der Waals surface area (Å²) in [5.41, 5.74) is 0. The molecular weight excluding hydrogens is 189 g/mol. The monoisotopic (exact) mass is 200 g/mol. The molecule has 0 bridgehead atoms. The molecule has 0 heterocycles. The standard InChI is InChI=1S/C5H13Si.ClH.Zn/c1-5-6(2,3)4;;/h2,5H2,1,3-4H3;1H;/q-1;;+2/p-1. The van der Waals surface area contributed by atoms with E-state index < -0.39 is 8.07 Å². The maximum absolute atomic E-state index is 4.76. The summed E-state index contributed by atoms with van der Waals surface area (Å²) in [6, 6.07) is 1.30. The van der Waals surface area contributed by atoms with Crippen LogP contribution in [0.5, 0.6) is 0 Å². The molecular formula is C5H13ClSiZn. The molecule has 0 radical (unpaired) electrons. The second kappa shape index (κ2) is 6.25. The summed E-state index contributed by atoms with van der Waals surface area (Å²) in [7, 11) is 3.88. The third-order valence-electron chi connectivity index (χ3n) is 0.957. The Morgan fingerprint density at radius 2 is 1.62 bits per heavy atom. The molecule has 46 valence electrons. The van der Waals surface area contributed by atoms with Crippen molar-refractivity contribution in [3.8, 4) is 0 Å². The summed E-state index contributed by atoms with van der Waals surface area (Å²) in [5, 5.41) is 0. The average molecular weight is 202 g/mol. The van der Waals surface area contributed by atoms with Crippen LogP contribution in [-0.2, 0) is 17.3 Å². The summed E-state index contributed by atoms with van der Waals surface area (Å²) in [6.45, 7) is 10.8. The fourth-order valence-electron chi connectivity index (χ4n) is 0. The van der Waals surface area contributed by atoms with Gasteiger partial charge in [0.15, 0.2) is 0 Å². The Labute approximate surface area is 67.7 Å². The Kier molecular flexibility index (Phi) is 9.28. The quantitative estimate of drug-likeness (QED) is 0.453. The summed E-state index contributed by atoms with van der Waals surface area (Å²) < 4.78 is 0. The van der Waals surface area contributed by atoms with Crippen molar-refractivity contribution in [3.05, 3.63) is 6.55 Å². The first kappa shape index (κ1) is 11.9. The van der Waals surface area contributed by atoms with Crippen LogP contribution >= 0.6 is 9.69 Å². The van der Waals surface area contributed by atoms with E-state index >= 15 is 0 Å². The van der Waals surface area contributed by atoms with Crippen LogP contribution in [0.15, 0.2) is 0 Å². The first-order valence-electron chi connectivity index (χ1n) is 2.68. The molecule has 0 aromatic carbocycles. The van der Waals surface area contributed by atoms with E-state index in [1.54, 1.807) is 0 Å². The van der Waals surface area contributed by atoms with E-state index in [0.717, 1.165) is 17.3 Å². The number of hydrogen-bond acceptors (Lipinski definition) is 0. The molecule has 0 saturated heterocycles. The molecule has 0 nitrogen and oxygen atoms in total. The molecule has 0 spiro atoms. The third kappa shape index (κ3) is 15.7.